The fraction of sp³-hybridized carbons (Fsp3) is 0.538. The first-order chi connectivity index (χ1) is 8.67. The molecule has 0 fully saturated rings. The van der Waals surface area contributed by atoms with Gasteiger partial charge in [-0.25, -0.2) is 0 Å². The van der Waals surface area contributed by atoms with Gasteiger partial charge in [0.1, 0.15) is 0 Å². The van der Waals surface area contributed by atoms with Crippen molar-refractivity contribution in [2.75, 3.05) is 24.2 Å². The van der Waals surface area contributed by atoms with Crippen LogP contribution in [0.5, 0.6) is 0 Å². The molecule has 0 atom stereocenters. The maximum Gasteiger partial charge on any atom is 0.273 e. The first kappa shape index (κ1) is 14.3. The summed E-state index contributed by atoms with van der Waals surface area (Å²) in [6.07, 6.45) is 4.72. The van der Waals surface area contributed by atoms with E-state index >= 15 is 0 Å². The number of non-ortho nitro benzene ring substituents is 1. The lowest BCUT2D eigenvalue weighted by Gasteiger charge is -2.08. The van der Waals surface area contributed by atoms with Crippen LogP contribution in [0.1, 0.15) is 32.6 Å². The molecule has 0 heterocycles. The van der Waals surface area contributed by atoms with Crippen LogP contribution in [0.3, 0.4) is 0 Å². The van der Waals surface area contributed by atoms with Crippen molar-refractivity contribution in [1.29, 1.82) is 0 Å². The zero-order valence-electron chi connectivity index (χ0n) is 11.0. The quantitative estimate of drug-likeness (QED) is 0.420. The maximum absolute atomic E-state index is 10.8. The summed E-state index contributed by atoms with van der Waals surface area (Å²) in [7, 11) is 1.75. The molecular formula is C13H21N3O2. The van der Waals surface area contributed by atoms with Crippen LogP contribution < -0.4 is 10.6 Å². The van der Waals surface area contributed by atoms with E-state index in [-0.39, 0.29) is 10.6 Å². The second-order valence-electron chi connectivity index (χ2n) is 4.26. The van der Waals surface area contributed by atoms with E-state index in [1.165, 1.54) is 25.3 Å². The molecule has 1 rings (SSSR count). The summed E-state index contributed by atoms with van der Waals surface area (Å²) >= 11 is 0. The maximum atomic E-state index is 10.8. The lowest BCUT2D eigenvalue weighted by atomic mass is 10.2. The minimum atomic E-state index is -0.372. The van der Waals surface area contributed by atoms with Gasteiger partial charge in [0.25, 0.3) is 5.69 Å². The van der Waals surface area contributed by atoms with Gasteiger partial charge in [-0.3, -0.25) is 10.1 Å². The fourth-order valence-electron chi connectivity index (χ4n) is 1.75. The molecule has 1 aromatic carbocycles. The molecule has 5 nitrogen and oxygen atoms in total. The third-order valence-corrected chi connectivity index (χ3v) is 2.78. The summed E-state index contributed by atoms with van der Waals surface area (Å²) < 4.78 is 0. The average Bonchev–Trinajstić information content (AvgIpc) is 2.38. The lowest BCUT2D eigenvalue weighted by molar-refractivity contribution is -0.384. The normalized spacial score (nSPS) is 10.1. The summed E-state index contributed by atoms with van der Waals surface area (Å²) in [6.45, 7) is 3.03. The molecule has 0 aromatic heterocycles. The van der Waals surface area contributed by atoms with Gasteiger partial charge in [-0.05, 0) is 12.5 Å². The Morgan fingerprint density at radius 1 is 1.17 bits per heavy atom. The number of nitro benzene ring substituents is 1. The molecule has 0 spiro atoms. The standard InChI is InChI=1S/C13H21N3O2/c1-3-4-5-6-7-15-12-8-11(14-2)9-13(10-12)16(17)18/h8-10,14-15H,3-7H2,1-2H3. The summed E-state index contributed by atoms with van der Waals surface area (Å²) in [5, 5.41) is 16.9. The van der Waals surface area contributed by atoms with E-state index in [2.05, 4.69) is 17.6 Å². The molecule has 18 heavy (non-hydrogen) atoms. The number of hydrogen-bond donors (Lipinski definition) is 2. The molecule has 0 saturated heterocycles. The highest BCUT2D eigenvalue weighted by molar-refractivity contribution is 5.63. The predicted octanol–water partition coefficient (Wildman–Crippen LogP) is 3.63. The monoisotopic (exact) mass is 251 g/mol. The van der Waals surface area contributed by atoms with Gasteiger partial charge in [0.2, 0.25) is 0 Å². The van der Waals surface area contributed by atoms with Crippen molar-refractivity contribution in [3.05, 3.63) is 28.3 Å². The number of nitrogens with one attached hydrogen (secondary N) is 2. The van der Waals surface area contributed by atoms with Crippen molar-refractivity contribution in [2.45, 2.75) is 32.6 Å². The summed E-state index contributed by atoms with van der Waals surface area (Å²) in [5.41, 5.74) is 1.66. The number of nitro groups is 1. The Morgan fingerprint density at radius 3 is 2.50 bits per heavy atom. The number of anilines is 2. The lowest BCUT2D eigenvalue weighted by Crippen LogP contribution is -2.03. The van der Waals surface area contributed by atoms with Crippen LogP contribution >= 0.6 is 0 Å². The molecular weight excluding hydrogens is 230 g/mol. The van der Waals surface area contributed by atoms with Gasteiger partial charge in [0, 0.05) is 37.1 Å². The second-order valence-corrected chi connectivity index (χ2v) is 4.26. The molecule has 0 saturated carbocycles. The predicted molar refractivity (Wildman–Crippen MR) is 75.3 cm³/mol. The van der Waals surface area contributed by atoms with Gasteiger partial charge in [-0.2, -0.15) is 0 Å². The molecule has 0 amide bonds. The van der Waals surface area contributed by atoms with E-state index in [1.807, 2.05) is 6.07 Å². The highest BCUT2D eigenvalue weighted by atomic mass is 16.6. The van der Waals surface area contributed by atoms with Crippen LogP contribution in [0, 0.1) is 10.1 Å². The molecule has 1 aromatic rings. The zero-order valence-corrected chi connectivity index (χ0v) is 11.0. The van der Waals surface area contributed by atoms with Gasteiger partial charge in [0.15, 0.2) is 0 Å². The number of hydrogen-bond acceptors (Lipinski definition) is 4. The minimum Gasteiger partial charge on any atom is -0.388 e. The van der Waals surface area contributed by atoms with E-state index < -0.39 is 0 Å². The Hall–Kier alpha value is -1.78. The van der Waals surface area contributed by atoms with Crippen molar-refractivity contribution in [3.8, 4) is 0 Å². The van der Waals surface area contributed by atoms with Crippen LogP contribution in [0.2, 0.25) is 0 Å². The van der Waals surface area contributed by atoms with Crippen LogP contribution in [0.15, 0.2) is 18.2 Å². The number of unbranched alkanes of at least 4 members (excludes halogenated alkanes) is 3. The topological polar surface area (TPSA) is 67.2 Å². The van der Waals surface area contributed by atoms with Crippen molar-refractivity contribution in [1.82, 2.24) is 0 Å². The SMILES string of the molecule is CCCCCCNc1cc(NC)cc([N+](=O)[O-])c1. The average molecular weight is 251 g/mol. The zero-order chi connectivity index (χ0) is 13.4. The van der Waals surface area contributed by atoms with E-state index in [4.69, 9.17) is 0 Å². The van der Waals surface area contributed by atoms with Crippen molar-refractivity contribution < 1.29 is 4.92 Å². The highest BCUT2D eigenvalue weighted by Crippen LogP contribution is 2.24. The van der Waals surface area contributed by atoms with Gasteiger partial charge >= 0.3 is 0 Å². The minimum absolute atomic E-state index is 0.109. The number of rotatable bonds is 8. The summed E-state index contributed by atoms with van der Waals surface area (Å²) in [4.78, 5) is 10.4. The Balaban J connectivity index is 2.58. The second kappa shape index (κ2) is 7.53. The van der Waals surface area contributed by atoms with Gasteiger partial charge < -0.3 is 10.6 Å². The molecule has 0 aliphatic carbocycles. The molecule has 0 aliphatic heterocycles. The molecule has 5 heteroatoms. The molecule has 0 unspecified atom stereocenters. The van der Waals surface area contributed by atoms with Gasteiger partial charge in [0.05, 0.1) is 4.92 Å². The first-order valence-corrected chi connectivity index (χ1v) is 6.38. The van der Waals surface area contributed by atoms with Crippen molar-refractivity contribution >= 4 is 17.1 Å². The molecule has 100 valence electrons. The van der Waals surface area contributed by atoms with E-state index in [9.17, 15) is 10.1 Å². The van der Waals surface area contributed by atoms with Crippen LogP contribution in [-0.4, -0.2) is 18.5 Å². The van der Waals surface area contributed by atoms with Crippen LogP contribution in [0.4, 0.5) is 17.1 Å². The van der Waals surface area contributed by atoms with Crippen molar-refractivity contribution in [3.63, 3.8) is 0 Å². The third kappa shape index (κ3) is 4.61. The van der Waals surface area contributed by atoms with E-state index in [0.717, 1.165) is 24.3 Å². The molecule has 0 radical (unpaired) electrons. The fourth-order valence-corrected chi connectivity index (χ4v) is 1.75. The Bertz CT molecular complexity index is 394. The molecule has 0 aliphatic rings. The summed E-state index contributed by atoms with van der Waals surface area (Å²) in [5.74, 6) is 0. The van der Waals surface area contributed by atoms with Gasteiger partial charge in [-0.1, -0.05) is 26.2 Å². The highest BCUT2D eigenvalue weighted by Gasteiger charge is 2.08. The van der Waals surface area contributed by atoms with Crippen LogP contribution in [0.25, 0.3) is 0 Å². The Labute approximate surface area is 108 Å². The Morgan fingerprint density at radius 2 is 1.89 bits per heavy atom. The number of benzene rings is 1. The van der Waals surface area contributed by atoms with E-state index in [1.54, 1.807) is 13.1 Å². The van der Waals surface area contributed by atoms with Gasteiger partial charge in [-0.15, -0.1) is 0 Å². The van der Waals surface area contributed by atoms with Crippen LogP contribution in [-0.2, 0) is 0 Å². The smallest absolute Gasteiger partial charge is 0.273 e. The van der Waals surface area contributed by atoms with Crippen molar-refractivity contribution in [2.24, 2.45) is 0 Å². The largest absolute Gasteiger partial charge is 0.388 e. The summed E-state index contributed by atoms with van der Waals surface area (Å²) in [6, 6.07) is 4.98. The first-order valence-electron chi connectivity index (χ1n) is 6.38. The molecule has 0 bridgehead atoms. The number of nitrogens with zero attached hydrogens (tertiary/aromatic N) is 1. The molecule has 2 N–H and O–H groups in total. The van der Waals surface area contributed by atoms with E-state index in [0.29, 0.717) is 0 Å². The third-order valence-electron chi connectivity index (χ3n) is 2.78. The Kier molecular flexibility index (Phi) is 5.97.